The lowest BCUT2D eigenvalue weighted by atomic mass is 10.0. The van der Waals surface area contributed by atoms with Gasteiger partial charge in [0.05, 0.1) is 0 Å². The molecule has 0 saturated carbocycles. The molecule has 0 radical (unpaired) electrons. The lowest BCUT2D eigenvalue weighted by molar-refractivity contribution is 0.0735. The van der Waals surface area contributed by atoms with Crippen molar-refractivity contribution < 1.29 is 9.21 Å². The van der Waals surface area contributed by atoms with Gasteiger partial charge in [0.1, 0.15) is 5.76 Å². The maximum atomic E-state index is 12.6. The quantitative estimate of drug-likeness (QED) is 0.831. The van der Waals surface area contributed by atoms with E-state index in [0.29, 0.717) is 16.5 Å². The van der Waals surface area contributed by atoms with Crippen molar-refractivity contribution in [2.45, 2.75) is 39.2 Å². The number of carbonyl (C=O) groups excluding carboxylic acids is 1. The first-order valence-corrected chi connectivity index (χ1v) is 7.73. The van der Waals surface area contributed by atoms with Gasteiger partial charge in [-0.15, -0.1) is 0 Å². The van der Waals surface area contributed by atoms with Gasteiger partial charge >= 0.3 is 0 Å². The van der Waals surface area contributed by atoms with E-state index in [4.69, 9.17) is 16.0 Å². The number of carbonyl (C=O) groups is 1. The van der Waals surface area contributed by atoms with Crippen molar-refractivity contribution in [3.63, 3.8) is 0 Å². The number of benzene rings is 1. The average Bonchev–Trinajstić information content (AvgIpc) is 2.97. The highest BCUT2D eigenvalue weighted by molar-refractivity contribution is 6.30. The molecule has 0 aliphatic heterocycles. The SMILES string of the molecule is CC(C)c1ocnc1C(=O)N(C)[C@H](C)Cc1ccc(Cl)cc1. The Bertz CT molecular complexity index is 634. The van der Waals surface area contributed by atoms with E-state index in [1.807, 2.05) is 45.0 Å². The number of oxazole rings is 1. The van der Waals surface area contributed by atoms with Crippen LogP contribution in [0, 0.1) is 0 Å². The lowest BCUT2D eigenvalue weighted by Crippen LogP contribution is -2.37. The van der Waals surface area contributed by atoms with E-state index in [9.17, 15) is 4.79 Å². The number of likely N-dealkylation sites (N-methyl/N-ethyl adjacent to an activating group) is 1. The molecule has 2 rings (SSSR count). The minimum atomic E-state index is -0.112. The van der Waals surface area contributed by atoms with E-state index >= 15 is 0 Å². The van der Waals surface area contributed by atoms with Crippen LogP contribution in [0.4, 0.5) is 0 Å². The second-order valence-corrected chi connectivity index (χ2v) is 6.25. The topological polar surface area (TPSA) is 46.3 Å². The van der Waals surface area contributed by atoms with Crippen LogP contribution in [0.2, 0.25) is 5.02 Å². The predicted octanol–water partition coefficient (Wildman–Crippen LogP) is 4.15. The van der Waals surface area contributed by atoms with E-state index in [-0.39, 0.29) is 17.9 Å². The van der Waals surface area contributed by atoms with Crippen molar-refractivity contribution in [2.24, 2.45) is 0 Å². The minimum Gasteiger partial charge on any atom is -0.447 e. The van der Waals surface area contributed by atoms with Gasteiger partial charge in [-0.05, 0) is 31.0 Å². The number of rotatable bonds is 5. The van der Waals surface area contributed by atoms with Gasteiger partial charge in [0.15, 0.2) is 12.1 Å². The Balaban J connectivity index is 2.09. The molecule has 1 aromatic carbocycles. The number of hydrogen-bond donors (Lipinski definition) is 0. The molecule has 0 spiro atoms. The first kappa shape index (κ1) is 16.6. The molecular formula is C17H21ClN2O2. The summed E-state index contributed by atoms with van der Waals surface area (Å²) in [5, 5.41) is 0.713. The Morgan fingerprint density at radius 3 is 2.50 bits per heavy atom. The van der Waals surface area contributed by atoms with Crippen LogP contribution in [0.3, 0.4) is 0 Å². The zero-order valence-corrected chi connectivity index (χ0v) is 14.1. The molecule has 1 amide bonds. The van der Waals surface area contributed by atoms with Crippen LogP contribution < -0.4 is 0 Å². The van der Waals surface area contributed by atoms with E-state index in [1.54, 1.807) is 11.9 Å². The molecule has 0 aliphatic rings. The van der Waals surface area contributed by atoms with Gasteiger partial charge in [0.25, 0.3) is 5.91 Å². The van der Waals surface area contributed by atoms with Crippen molar-refractivity contribution in [1.29, 1.82) is 0 Å². The molecule has 0 unspecified atom stereocenters. The first-order chi connectivity index (χ1) is 10.4. The maximum Gasteiger partial charge on any atom is 0.276 e. The standard InChI is InChI=1S/C17H21ClN2O2/c1-11(2)16-15(19-10-22-16)17(21)20(4)12(3)9-13-5-7-14(18)8-6-13/h5-8,10-12H,9H2,1-4H3/t12-/m1/s1. The highest BCUT2D eigenvalue weighted by Crippen LogP contribution is 2.21. The molecular weight excluding hydrogens is 300 g/mol. The summed E-state index contributed by atoms with van der Waals surface area (Å²) in [6.45, 7) is 5.98. The zero-order chi connectivity index (χ0) is 16.3. The molecule has 0 saturated heterocycles. The summed E-state index contributed by atoms with van der Waals surface area (Å²) in [5.74, 6) is 0.649. The van der Waals surface area contributed by atoms with Crippen LogP contribution in [0.25, 0.3) is 0 Å². The minimum absolute atomic E-state index is 0.0467. The predicted molar refractivity (Wildman–Crippen MR) is 87.3 cm³/mol. The summed E-state index contributed by atoms with van der Waals surface area (Å²) in [4.78, 5) is 18.4. The van der Waals surface area contributed by atoms with Crippen molar-refractivity contribution >= 4 is 17.5 Å². The van der Waals surface area contributed by atoms with E-state index in [2.05, 4.69) is 4.98 Å². The third-order valence-corrected chi connectivity index (χ3v) is 4.00. The van der Waals surface area contributed by atoms with E-state index < -0.39 is 0 Å². The van der Waals surface area contributed by atoms with Crippen molar-refractivity contribution in [1.82, 2.24) is 9.88 Å². The Kier molecular flexibility index (Phi) is 5.24. The maximum absolute atomic E-state index is 12.6. The Morgan fingerprint density at radius 1 is 1.27 bits per heavy atom. The fourth-order valence-electron chi connectivity index (χ4n) is 2.29. The number of nitrogens with zero attached hydrogens (tertiary/aromatic N) is 2. The van der Waals surface area contributed by atoms with E-state index in [1.165, 1.54) is 6.39 Å². The van der Waals surface area contributed by atoms with Gasteiger partial charge in [-0.25, -0.2) is 4.98 Å². The van der Waals surface area contributed by atoms with Gasteiger partial charge in [0, 0.05) is 24.0 Å². The summed E-state index contributed by atoms with van der Waals surface area (Å²) in [6, 6.07) is 7.73. The average molecular weight is 321 g/mol. The number of amides is 1. The second kappa shape index (κ2) is 6.97. The summed E-state index contributed by atoms with van der Waals surface area (Å²) in [6.07, 6.45) is 2.09. The Morgan fingerprint density at radius 2 is 1.91 bits per heavy atom. The van der Waals surface area contributed by atoms with E-state index in [0.717, 1.165) is 12.0 Å². The van der Waals surface area contributed by atoms with Crippen LogP contribution in [-0.4, -0.2) is 28.9 Å². The van der Waals surface area contributed by atoms with Crippen LogP contribution in [-0.2, 0) is 6.42 Å². The molecule has 1 aromatic heterocycles. The lowest BCUT2D eigenvalue weighted by Gasteiger charge is -2.24. The van der Waals surface area contributed by atoms with Crippen molar-refractivity contribution in [2.75, 3.05) is 7.05 Å². The highest BCUT2D eigenvalue weighted by atomic mass is 35.5. The van der Waals surface area contributed by atoms with Gasteiger partial charge in [0.2, 0.25) is 0 Å². The Labute approximate surface area is 136 Å². The van der Waals surface area contributed by atoms with Gasteiger partial charge in [-0.3, -0.25) is 4.79 Å². The summed E-state index contributed by atoms with van der Waals surface area (Å²) >= 11 is 5.89. The monoisotopic (exact) mass is 320 g/mol. The molecule has 1 atom stereocenters. The molecule has 2 aromatic rings. The van der Waals surface area contributed by atoms with Gasteiger partial charge in [-0.1, -0.05) is 37.6 Å². The van der Waals surface area contributed by atoms with Gasteiger partial charge in [-0.2, -0.15) is 0 Å². The molecule has 118 valence electrons. The molecule has 0 aliphatic carbocycles. The first-order valence-electron chi connectivity index (χ1n) is 7.35. The van der Waals surface area contributed by atoms with Crippen LogP contribution in [0.1, 0.15) is 48.5 Å². The Hall–Kier alpha value is -1.81. The normalized spacial score (nSPS) is 12.5. The molecule has 0 N–H and O–H groups in total. The second-order valence-electron chi connectivity index (χ2n) is 5.82. The summed E-state index contributed by atoms with van der Waals surface area (Å²) in [5.41, 5.74) is 1.54. The molecule has 5 heteroatoms. The fraction of sp³-hybridized carbons (Fsp3) is 0.412. The van der Waals surface area contributed by atoms with Crippen LogP contribution in [0.15, 0.2) is 35.1 Å². The molecule has 4 nitrogen and oxygen atoms in total. The van der Waals surface area contributed by atoms with Crippen LogP contribution >= 0.6 is 11.6 Å². The molecule has 1 heterocycles. The molecule has 0 bridgehead atoms. The highest BCUT2D eigenvalue weighted by Gasteiger charge is 2.25. The fourth-order valence-corrected chi connectivity index (χ4v) is 2.42. The largest absolute Gasteiger partial charge is 0.447 e. The third kappa shape index (κ3) is 3.69. The van der Waals surface area contributed by atoms with Crippen LogP contribution in [0.5, 0.6) is 0 Å². The summed E-state index contributed by atoms with van der Waals surface area (Å²) < 4.78 is 5.34. The third-order valence-electron chi connectivity index (χ3n) is 3.75. The summed E-state index contributed by atoms with van der Waals surface area (Å²) in [7, 11) is 1.79. The van der Waals surface area contributed by atoms with Gasteiger partial charge < -0.3 is 9.32 Å². The van der Waals surface area contributed by atoms with Crippen molar-refractivity contribution in [3.05, 3.63) is 52.7 Å². The molecule has 22 heavy (non-hydrogen) atoms. The number of aromatic nitrogens is 1. The zero-order valence-electron chi connectivity index (χ0n) is 13.3. The molecule has 0 fully saturated rings. The van der Waals surface area contributed by atoms with Crippen molar-refractivity contribution in [3.8, 4) is 0 Å². The number of halogens is 1. The smallest absolute Gasteiger partial charge is 0.276 e. The number of hydrogen-bond acceptors (Lipinski definition) is 3.